The molecule has 1 amide bonds. The minimum Gasteiger partial charge on any atom is -0.381 e. The zero-order chi connectivity index (χ0) is 16.9. The molecular weight excluding hydrogens is 312 g/mol. The van der Waals surface area contributed by atoms with Crippen LogP contribution in [0.15, 0.2) is 36.7 Å². The van der Waals surface area contributed by atoms with Gasteiger partial charge in [-0.1, -0.05) is 12.1 Å². The first kappa shape index (κ1) is 16.1. The van der Waals surface area contributed by atoms with Crippen molar-refractivity contribution in [1.29, 1.82) is 0 Å². The van der Waals surface area contributed by atoms with Crippen LogP contribution in [0, 0.1) is 10.1 Å². The summed E-state index contributed by atoms with van der Waals surface area (Å²) in [5.74, 6) is -0.185. The average molecular weight is 330 g/mol. The lowest BCUT2D eigenvalue weighted by Gasteiger charge is -2.22. The van der Waals surface area contributed by atoms with Gasteiger partial charge in [0.2, 0.25) is 5.91 Å². The van der Waals surface area contributed by atoms with Gasteiger partial charge in [0.15, 0.2) is 0 Å². The molecule has 0 saturated carbocycles. The molecule has 8 nitrogen and oxygen atoms in total. The molecule has 2 heterocycles. The molecule has 2 aromatic rings. The summed E-state index contributed by atoms with van der Waals surface area (Å²) in [7, 11) is 0. The van der Waals surface area contributed by atoms with E-state index in [-0.39, 0.29) is 18.0 Å². The Balaban J connectivity index is 1.56. The van der Waals surface area contributed by atoms with Gasteiger partial charge in [-0.15, -0.1) is 0 Å². The third-order valence-electron chi connectivity index (χ3n) is 3.96. The van der Waals surface area contributed by atoms with Gasteiger partial charge < -0.3 is 10.1 Å². The Labute approximate surface area is 138 Å². The van der Waals surface area contributed by atoms with E-state index in [9.17, 15) is 14.9 Å². The van der Waals surface area contributed by atoms with Crippen molar-refractivity contribution < 1.29 is 14.5 Å². The van der Waals surface area contributed by atoms with Crippen LogP contribution in [-0.4, -0.2) is 33.8 Å². The number of anilines is 1. The number of non-ortho nitro benzene ring substituents is 1. The summed E-state index contributed by atoms with van der Waals surface area (Å²) in [5, 5.41) is 17.7. The highest BCUT2D eigenvalue weighted by atomic mass is 16.6. The smallest absolute Gasteiger partial charge is 0.269 e. The number of ether oxygens (including phenoxy) is 1. The second kappa shape index (κ2) is 7.22. The third kappa shape index (κ3) is 3.96. The fraction of sp³-hybridized carbons (Fsp3) is 0.375. The van der Waals surface area contributed by atoms with E-state index in [2.05, 4.69) is 10.4 Å². The van der Waals surface area contributed by atoms with Crippen molar-refractivity contribution in [2.45, 2.75) is 25.3 Å². The van der Waals surface area contributed by atoms with Gasteiger partial charge in [-0.05, 0) is 18.4 Å². The quantitative estimate of drug-likeness (QED) is 0.670. The number of rotatable bonds is 5. The lowest BCUT2D eigenvalue weighted by atomic mass is 10.1. The van der Waals surface area contributed by atoms with E-state index in [0.29, 0.717) is 11.7 Å². The first-order valence-corrected chi connectivity index (χ1v) is 7.77. The summed E-state index contributed by atoms with van der Waals surface area (Å²) in [6, 6.07) is 6.27. The van der Waals surface area contributed by atoms with Crippen LogP contribution in [0.25, 0.3) is 0 Å². The molecule has 1 aromatic carbocycles. The Morgan fingerprint density at radius 3 is 2.71 bits per heavy atom. The van der Waals surface area contributed by atoms with E-state index in [1.54, 1.807) is 18.3 Å². The second-order valence-corrected chi connectivity index (χ2v) is 5.70. The summed E-state index contributed by atoms with van der Waals surface area (Å²) >= 11 is 0. The van der Waals surface area contributed by atoms with Crippen LogP contribution >= 0.6 is 0 Å². The molecule has 24 heavy (non-hydrogen) atoms. The van der Waals surface area contributed by atoms with Gasteiger partial charge in [0.25, 0.3) is 5.69 Å². The maximum atomic E-state index is 12.1. The molecule has 0 radical (unpaired) electrons. The fourth-order valence-electron chi connectivity index (χ4n) is 2.68. The number of amides is 1. The minimum atomic E-state index is -0.464. The van der Waals surface area contributed by atoms with Crippen molar-refractivity contribution in [2.24, 2.45) is 0 Å². The van der Waals surface area contributed by atoms with Crippen LogP contribution in [-0.2, 0) is 16.0 Å². The topological polar surface area (TPSA) is 99.3 Å². The molecule has 0 bridgehead atoms. The summed E-state index contributed by atoms with van der Waals surface area (Å²) in [4.78, 5) is 22.2. The van der Waals surface area contributed by atoms with Crippen molar-refractivity contribution in [3.05, 3.63) is 52.3 Å². The molecule has 0 atom stereocenters. The largest absolute Gasteiger partial charge is 0.381 e. The van der Waals surface area contributed by atoms with Gasteiger partial charge in [-0.25, -0.2) is 0 Å². The van der Waals surface area contributed by atoms with Gasteiger partial charge in [0.05, 0.1) is 29.3 Å². The first-order chi connectivity index (χ1) is 11.6. The maximum Gasteiger partial charge on any atom is 0.269 e. The van der Waals surface area contributed by atoms with Crippen molar-refractivity contribution in [3.8, 4) is 0 Å². The van der Waals surface area contributed by atoms with Crippen molar-refractivity contribution >= 4 is 17.3 Å². The molecule has 0 unspecified atom stereocenters. The maximum absolute atomic E-state index is 12.1. The number of hydrogen-bond donors (Lipinski definition) is 1. The SMILES string of the molecule is O=C(Cc1ccc([N+](=O)[O-])cc1)Nc1cnn(C2CCOCC2)c1. The Morgan fingerprint density at radius 2 is 2.04 bits per heavy atom. The summed E-state index contributed by atoms with van der Waals surface area (Å²) in [6.07, 6.45) is 5.43. The van der Waals surface area contributed by atoms with E-state index in [1.165, 1.54) is 12.1 Å². The lowest BCUT2D eigenvalue weighted by molar-refractivity contribution is -0.384. The number of nitro benzene ring substituents is 1. The molecule has 1 N–H and O–H groups in total. The summed E-state index contributed by atoms with van der Waals surface area (Å²) in [5.41, 5.74) is 1.38. The Morgan fingerprint density at radius 1 is 1.33 bits per heavy atom. The van der Waals surface area contributed by atoms with E-state index in [4.69, 9.17) is 4.74 Å². The molecule has 1 aliphatic heterocycles. The number of nitro groups is 1. The highest BCUT2D eigenvalue weighted by Gasteiger charge is 2.17. The number of hydrogen-bond acceptors (Lipinski definition) is 5. The molecule has 1 aliphatic rings. The molecule has 0 spiro atoms. The molecule has 1 fully saturated rings. The Bertz CT molecular complexity index is 720. The predicted molar refractivity (Wildman–Crippen MR) is 86.7 cm³/mol. The van der Waals surface area contributed by atoms with Crippen LogP contribution in [0.2, 0.25) is 0 Å². The van der Waals surface area contributed by atoms with Crippen LogP contribution in [0.4, 0.5) is 11.4 Å². The third-order valence-corrected chi connectivity index (χ3v) is 3.96. The number of aromatic nitrogens is 2. The number of nitrogens with zero attached hydrogens (tertiary/aromatic N) is 3. The molecule has 8 heteroatoms. The molecule has 3 rings (SSSR count). The average Bonchev–Trinajstić information content (AvgIpc) is 3.04. The van der Waals surface area contributed by atoms with Gasteiger partial charge in [0, 0.05) is 31.5 Å². The summed E-state index contributed by atoms with van der Waals surface area (Å²) < 4.78 is 7.19. The first-order valence-electron chi connectivity index (χ1n) is 7.77. The van der Waals surface area contributed by atoms with Crippen LogP contribution in [0.3, 0.4) is 0 Å². The van der Waals surface area contributed by atoms with Crippen molar-refractivity contribution in [1.82, 2.24) is 9.78 Å². The number of benzene rings is 1. The van der Waals surface area contributed by atoms with Crippen molar-refractivity contribution in [2.75, 3.05) is 18.5 Å². The number of carbonyl (C=O) groups excluding carboxylic acids is 1. The fourth-order valence-corrected chi connectivity index (χ4v) is 2.68. The molecule has 1 aromatic heterocycles. The van der Waals surface area contributed by atoms with E-state index < -0.39 is 4.92 Å². The van der Waals surface area contributed by atoms with Gasteiger partial charge >= 0.3 is 0 Å². The molecule has 1 saturated heterocycles. The normalized spacial score (nSPS) is 15.2. The Hall–Kier alpha value is -2.74. The van der Waals surface area contributed by atoms with E-state index in [0.717, 1.165) is 31.6 Å². The monoisotopic (exact) mass is 330 g/mol. The van der Waals surface area contributed by atoms with Crippen LogP contribution < -0.4 is 5.32 Å². The van der Waals surface area contributed by atoms with Crippen LogP contribution in [0.1, 0.15) is 24.4 Å². The van der Waals surface area contributed by atoms with Crippen LogP contribution in [0.5, 0.6) is 0 Å². The van der Waals surface area contributed by atoms with Gasteiger partial charge in [-0.3, -0.25) is 19.6 Å². The number of carbonyl (C=O) groups is 1. The zero-order valence-corrected chi connectivity index (χ0v) is 13.1. The standard InChI is InChI=1S/C16H18N4O4/c21-16(9-12-1-3-15(4-2-12)20(22)23)18-13-10-17-19(11-13)14-5-7-24-8-6-14/h1-4,10-11,14H,5-9H2,(H,18,21). The molecule has 0 aliphatic carbocycles. The Kier molecular flexibility index (Phi) is 4.85. The molecular formula is C16H18N4O4. The second-order valence-electron chi connectivity index (χ2n) is 5.70. The van der Waals surface area contributed by atoms with Crippen molar-refractivity contribution in [3.63, 3.8) is 0 Å². The minimum absolute atomic E-state index is 0.0110. The van der Waals surface area contributed by atoms with E-state index >= 15 is 0 Å². The predicted octanol–water partition coefficient (Wildman–Crippen LogP) is 2.32. The van der Waals surface area contributed by atoms with E-state index in [1.807, 2.05) is 10.9 Å². The lowest BCUT2D eigenvalue weighted by Crippen LogP contribution is -2.20. The molecule has 126 valence electrons. The highest BCUT2D eigenvalue weighted by molar-refractivity contribution is 5.92. The number of nitrogens with one attached hydrogen (secondary N) is 1. The highest BCUT2D eigenvalue weighted by Crippen LogP contribution is 2.21. The van der Waals surface area contributed by atoms with Gasteiger partial charge in [-0.2, -0.15) is 5.10 Å². The summed E-state index contributed by atoms with van der Waals surface area (Å²) in [6.45, 7) is 1.46. The van der Waals surface area contributed by atoms with Gasteiger partial charge in [0.1, 0.15) is 0 Å². The zero-order valence-electron chi connectivity index (χ0n) is 13.1.